The molecule has 2 aliphatic rings. The topological polar surface area (TPSA) is 74.1 Å². The van der Waals surface area contributed by atoms with Gasteiger partial charge in [-0.1, -0.05) is 11.3 Å². The van der Waals surface area contributed by atoms with Gasteiger partial charge in [-0.25, -0.2) is 14.1 Å². The summed E-state index contributed by atoms with van der Waals surface area (Å²) in [6.45, 7) is 6.57. The summed E-state index contributed by atoms with van der Waals surface area (Å²) in [7, 11) is 0. The Labute approximate surface area is 165 Å². The molecule has 2 fully saturated rings. The number of nitrogens with zero attached hydrogens (tertiary/aromatic N) is 4. The van der Waals surface area contributed by atoms with Crippen LogP contribution in [0.25, 0.3) is 0 Å². The van der Waals surface area contributed by atoms with Crippen LogP contribution in [0.3, 0.4) is 0 Å². The summed E-state index contributed by atoms with van der Waals surface area (Å²) in [5.74, 6) is 0.476. The molecule has 2 aromatic rings. The molecule has 4 heterocycles. The zero-order chi connectivity index (χ0) is 19.8. The van der Waals surface area contributed by atoms with Crippen LogP contribution in [0.15, 0.2) is 30.6 Å². The van der Waals surface area contributed by atoms with Crippen molar-refractivity contribution < 1.29 is 13.9 Å². The summed E-state index contributed by atoms with van der Waals surface area (Å²) < 4.78 is 26.7. The third-order valence-electron chi connectivity index (χ3n) is 4.86. The normalized spacial score (nSPS) is 20.9. The van der Waals surface area contributed by atoms with Gasteiger partial charge >= 0.3 is 0 Å². The van der Waals surface area contributed by atoms with Crippen molar-refractivity contribution in [1.29, 1.82) is 0 Å². The number of piperidine rings is 1. The first-order chi connectivity index (χ1) is 13.5. The molecule has 2 aliphatic heterocycles. The minimum Gasteiger partial charge on any atom is -0.472 e. The molecule has 1 atom stereocenters. The first kappa shape index (κ1) is 20.7. The molecule has 2 saturated heterocycles. The smallest absolute Gasteiger partial charge is 0.213 e. The van der Waals surface area contributed by atoms with Crippen LogP contribution in [0.2, 0.25) is 0 Å². The summed E-state index contributed by atoms with van der Waals surface area (Å²) >= 11 is 0. The lowest BCUT2D eigenvalue weighted by atomic mass is 10.1. The van der Waals surface area contributed by atoms with Crippen LogP contribution in [0.4, 0.5) is 4.39 Å². The molecule has 1 unspecified atom stereocenters. The van der Waals surface area contributed by atoms with E-state index in [1.54, 1.807) is 24.4 Å². The van der Waals surface area contributed by atoms with Gasteiger partial charge in [-0.15, -0.1) is 5.10 Å². The molecule has 2 aromatic heterocycles. The van der Waals surface area contributed by atoms with Crippen LogP contribution in [0.5, 0.6) is 5.88 Å². The van der Waals surface area contributed by atoms with E-state index in [2.05, 4.69) is 20.6 Å². The standard InChI is InChI=1S/C13H18FNO2.C7H12N4/c1-13(2,14)11-6-3-7-12(15-11)17-10-5-4-8-16-9-10;1-3-8-4-2-7(1)11-6-5-9-10-11/h3,6-7,10H,4-5,8-9H2,1-2H3;5-8H,1-4H2. The minimum atomic E-state index is -1.44. The van der Waals surface area contributed by atoms with E-state index in [0.29, 0.717) is 24.2 Å². The first-order valence-electron chi connectivity index (χ1n) is 10.00. The Morgan fingerprint density at radius 2 is 2.07 bits per heavy atom. The molecule has 0 aliphatic carbocycles. The van der Waals surface area contributed by atoms with Crippen LogP contribution >= 0.6 is 0 Å². The third kappa shape index (κ3) is 6.24. The van der Waals surface area contributed by atoms with Gasteiger partial charge in [0.25, 0.3) is 0 Å². The molecular formula is C20H30FN5O2. The van der Waals surface area contributed by atoms with Gasteiger partial charge in [-0.2, -0.15) is 0 Å². The molecule has 8 heteroatoms. The highest BCUT2D eigenvalue weighted by atomic mass is 19.1. The maximum atomic E-state index is 13.7. The van der Waals surface area contributed by atoms with Crippen LogP contribution in [-0.2, 0) is 10.4 Å². The Hall–Kier alpha value is -2.06. The Morgan fingerprint density at radius 3 is 2.71 bits per heavy atom. The van der Waals surface area contributed by atoms with Gasteiger partial charge in [-0.05, 0) is 58.7 Å². The average Bonchev–Trinajstić information content (AvgIpc) is 3.25. The molecule has 0 radical (unpaired) electrons. The molecule has 0 bridgehead atoms. The van der Waals surface area contributed by atoms with Crippen LogP contribution in [0, 0.1) is 0 Å². The van der Waals surface area contributed by atoms with E-state index >= 15 is 0 Å². The Bertz CT molecular complexity index is 693. The van der Waals surface area contributed by atoms with Crippen molar-refractivity contribution in [1.82, 2.24) is 25.3 Å². The van der Waals surface area contributed by atoms with Crippen molar-refractivity contribution in [3.63, 3.8) is 0 Å². The molecule has 1 N–H and O–H groups in total. The Kier molecular flexibility index (Phi) is 7.33. The number of pyridine rings is 1. The average molecular weight is 391 g/mol. The molecule has 0 saturated carbocycles. The van der Waals surface area contributed by atoms with Crippen molar-refractivity contribution in [3.8, 4) is 5.88 Å². The fourth-order valence-electron chi connectivity index (χ4n) is 3.27. The molecule has 0 amide bonds. The molecule has 4 rings (SSSR count). The van der Waals surface area contributed by atoms with Crippen LogP contribution < -0.4 is 10.1 Å². The molecule has 0 aromatic carbocycles. The van der Waals surface area contributed by atoms with E-state index in [0.717, 1.165) is 32.5 Å². The SMILES string of the molecule is CC(C)(F)c1cccc(OC2CCCOC2)n1.c1cn(C2CCNCC2)nn1. The lowest BCUT2D eigenvalue weighted by Gasteiger charge is -2.23. The highest BCUT2D eigenvalue weighted by Crippen LogP contribution is 2.25. The quantitative estimate of drug-likeness (QED) is 0.864. The summed E-state index contributed by atoms with van der Waals surface area (Å²) in [6, 6.07) is 5.76. The zero-order valence-electron chi connectivity index (χ0n) is 16.7. The second-order valence-electron chi connectivity index (χ2n) is 7.65. The Morgan fingerprint density at radius 1 is 1.25 bits per heavy atom. The predicted octanol–water partition coefficient (Wildman–Crippen LogP) is 3.05. The van der Waals surface area contributed by atoms with Gasteiger partial charge in [-0.3, -0.25) is 0 Å². The fourth-order valence-corrected chi connectivity index (χ4v) is 3.27. The first-order valence-corrected chi connectivity index (χ1v) is 10.00. The summed E-state index contributed by atoms with van der Waals surface area (Å²) in [5, 5.41) is 11.1. The van der Waals surface area contributed by atoms with Crippen molar-refractivity contribution in [2.75, 3.05) is 26.3 Å². The second kappa shape index (κ2) is 9.93. The lowest BCUT2D eigenvalue weighted by molar-refractivity contribution is 0.00518. The van der Waals surface area contributed by atoms with E-state index in [4.69, 9.17) is 9.47 Å². The molecule has 7 nitrogen and oxygen atoms in total. The van der Waals surface area contributed by atoms with E-state index in [1.807, 2.05) is 10.9 Å². The molecule has 154 valence electrons. The largest absolute Gasteiger partial charge is 0.472 e. The number of aromatic nitrogens is 4. The van der Waals surface area contributed by atoms with E-state index in [-0.39, 0.29) is 6.10 Å². The van der Waals surface area contributed by atoms with Gasteiger partial charge in [0.05, 0.1) is 24.5 Å². The molecule has 28 heavy (non-hydrogen) atoms. The number of halogens is 1. The van der Waals surface area contributed by atoms with Crippen LogP contribution in [-0.4, -0.2) is 52.4 Å². The van der Waals surface area contributed by atoms with Crippen molar-refractivity contribution in [2.45, 2.75) is 57.3 Å². The van der Waals surface area contributed by atoms with E-state index < -0.39 is 5.67 Å². The highest BCUT2D eigenvalue weighted by molar-refractivity contribution is 5.19. The second-order valence-corrected chi connectivity index (χ2v) is 7.65. The predicted molar refractivity (Wildman–Crippen MR) is 104 cm³/mol. The lowest BCUT2D eigenvalue weighted by Crippen LogP contribution is -2.29. The molecular weight excluding hydrogens is 361 g/mol. The summed E-state index contributed by atoms with van der Waals surface area (Å²) in [4.78, 5) is 4.19. The Balaban J connectivity index is 0.000000176. The van der Waals surface area contributed by atoms with Crippen molar-refractivity contribution >= 4 is 0 Å². The van der Waals surface area contributed by atoms with Crippen molar-refractivity contribution in [2.24, 2.45) is 0 Å². The maximum absolute atomic E-state index is 13.7. The maximum Gasteiger partial charge on any atom is 0.213 e. The number of hydrogen-bond donors (Lipinski definition) is 1. The van der Waals surface area contributed by atoms with E-state index in [1.165, 1.54) is 26.7 Å². The van der Waals surface area contributed by atoms with Gasteiger partial charge in [0.2, 0.25) is 5.88 Å². The van der Waals surface area contributed by atoms with E-state index in [9.17, 15) is 4.39 Å². The molecule has 0 spiro atoms. The number of rotatable bonds is 4. The van der Waals surface area contributed by atoms with Gasteiger partial charge in [0.1, 0.15) is 11.8 Å². The highest BCUT2D eigenvalue weighted by Gasteiger charge is 2.22. The van der Waals surface area contributed by atoms with Crippen molar-refractivity contribution in [3.05, 3.63) is 36.3 Å². The zero-order valence-corrected chi connectivity index (χ0v) is 16.7. The fraction of sp³-hybridized carbons (Fsp3) is 0.650. The number of alkyl halides is 1. The number of nitrogens with one attached hydrogen (secondary N) is 1. The van der Waals surface area contributed by atoms with Crippen LogP contribution in [0.1, 0.15) is 51.3 Å². The monoisotopic (exact) mass is 391 g/mol. The number of hydrogen-bond acceptors (Lipinski definition) is 6. The number of ether oxygens (including phenoxy) is 2. The summed E-state index contributed by atoms with van der Waals surface area (Å²) in [6.07, 6.45) is 8.02. The van der Waals surface area contributed by atoms with Gasteiger partial charge in [0.15, 0.2) is 0 Å². The van der Waals surface area contributed by atoms with Gasteiger partial charge < -0.3 is 14.8 Å². The minimum absolute atomic E-state index is 0.0363. The third-order valence-corrected chi connectivity index (χ3v) is 4.86. The van der Waals surface area contributed by atoms with Gasteiger partial charge in [0, 0.05) is 18.9 Å². The summed E-state index contributed by atoms with van der Waals surface area (Å²) in [5.41, 5.74) is -1.05.